The quantitative estimate of drug-likeness (QED) is 0.376. The number of nitrogens with zero attached hydrogens (tertiary/aromatic N) is 3. The van der Waals surface area contributed by atoms with Gasteiger partial charge in [-0.15, -0.1) is 11.3 Å². The normalized spacial score (nSPS) is 11.1. The molecule has 124 valence electrons. The molecular weight excluding hydrogens is 334 g/mol. The molecule has 0 unspecified atom stereocenters. The zero-order valence-corrected chi connectivity index (χ0v) is 14.4. The molecule has 0 aliphatic heterocycles. The van der Waals surface area contributed by atoms with E-state index in [1.165, 1.54) is 17.7 Å². The van der Waals surface area contributed by atoms with Crippen LogP contribution in [0.15, 0.2) is 60.1 Å². The number of nitro groups is 1. The topological polar surface area (TPSA) is 60.4 Å². The summed E-state index contributed by atoms with van der Waals surface area (Å²) in [6.45, 7) is 2.13. The minimum absolute atomic E-state index is 0.0821. The third kappa shape index (κ3) is 2.70. The van der Waals surface area contributed by atoms with Gasteiger partial charge in [0.1, 0.15) is 0 Å². The van der Waals surface area contributed by atoms with Crippen LogP contribution < -0.4 is 0 Å². The van der Waals surface area contributed by atoms with E-state index in [1.807, 2.05) is 11.6 Å². The van der Waals surface area contributed by atoms with Crippen LogP contribution in [0.3, 0.4) is 0 Å². The molecule has 6 heteroatoms. The number of imidazole rings is 1. The van der Waals surface area contributed by atoms with Crippen molar-refractivity contribution < 1.29 is 4.92 Å². The van der Waals surface area contributed by atoms with Crippen LogP contribution in [0, 0.1) is 10.1 Å². The maximum Gasteiger partial charge on any atom is 0.269 e. The summed E-state index contributed by atoms with van der Waals surface area (Å²) in [4.78, 5) is 16.1. The lowest BCUT2D eigenvalue weighted by Gasteiger charge is -2.06. The summed E-state index contributed by atoms with van der Waals surface area (Å²) in [5.41, 5.74) is 5.16. The molecule has 0 amide bonds. The number of non-ortho nitro benzene ring substituents is 1. The SMILES string of the molecule is CCc1ccc(-c2c(-c3ccc([N+](=O)[O-])cc3)nc3sccn23)cc1. The molecular formula is C19H15N3O2S. The molecule has 0 atom stereocenters. The van der Waals surface area contributed by atoms with E-state index in [4.69, 9.17) is 4.98 Å². The fraction of sp³-hybridized carbons (Fsp3) is 0.105. The summed E-state index contributed by atoms with van der Waals surface area (Å²) < 4.78 is 2.07. The van der Waals surface area contributed by atoms with Crippen LogP contribution in [0.4, 0.5) is 5.69 Å². The highest BCUT2D eigenvalue weighted by Crippen LogP contribution is 2.35. The average Bonchev–Trinajstić information content (AvgIpc) is 3.23. The summed E-state index contributed by atoms with van der Waals surface area (Å²) in [6, 6.07) is 15.0. The number of nitro benzene ring substituents is 1. The number of aromatic nitrogens is 2. The van der Waals surface area contributed by atoms with Crippen molar-refractivity contribution in [1.82, 2.24) is 9.38 Å². The van der Waals surface area contributed by atoms with Gasteiger partial charge in [0.2, 0.25) is 0 Å². The zero-order valence-electron chi connectivity index (χ0n) is 13.5. The standard InChI is InChI=1S/C19H15N3O2S/c1-2-13-3-5-15(6-4-13)18-17(20-19-21(18)11-12-25-19)14-7-9-16(10-8-14)22(23)24/h3-12H,2H2,1H3. The van der Waals surface area contributed by atoms with Crippen LogP contribution in [0.1, 0.15) is 12.5 Å². The number of thiazole rings is 1. The van der Waals surface area contributed by atoms with E-state index in [2.05, 4.69) is 35.6 Å². The second-order valence-corrected chi connectivity index (χ2v) is 6.59. The number of benzene rings is 2. The predicted molar refractivity (Wildman–Crippen MR) is 100.0 cm³/mol. The Morgan fingerprint density at radius 3 is 2.40 bits per heavy atom. The van der Waals surface area contributed by atoms with E-state index in [0.29, 0.717) is 0 Å². The van der Waals surface area contributed by atoms with Crippen LogP contribution in [-0.2, 0) is 6.42 Å². The van der Waals surface area contributed by atoms with Gasteiger partial charge in [-0.1, -0.05) is 31.2 Å². The fourth-order valence-electron chi connectivity index (χ4n) is 2.90. The van der Waals surface area contributed by atoms with Crippen molar-refractivity contribution in [2.75, 3.05) is 0 Å². The molecule has 2 aromatic carbocycles. The molecule has 0 radical (unpaired) electrons. The Balaban J connectivity index is 1.88. The maximum atomic E-state index is 10.9. The Bertz CT molecular complexity index is 1050. The number of aryl methyl sites for hydroxylation is 1. The molecule has 5 nitrogen and oxygen atoms in total. The molecule has 0 N–H and O–H groups in total. The Morgan fingerprint density at radius 1 is 1.08 bits per heavy atom. The number of hydrogen-bond donors (Lipinski definition) is 0. The fourth-order valence-corrected chi connectivity index (χ4v) is 3.62. The third-order valence-corrected chi connectivity index (χ3v) is 5.01. The zero-order chi connectivity index (χ0) is 17.4. The van der Waals surface area contributed by atoms with Crippen molar-refractivity contribution in [3.8, 4) is 22.5 Å². The van der Waals surface area contributed by atoms with Gasteiger partial charge in [0.15, 0.2) is 4.96 Å². The molecule has 0 fully saturated rings. The highest BCUT2D eigenvalue weighted by Gasteiger charge is 2.17. The minimum atomic E-state index is -0.389. The molecule has 0 spiro atoms. The maximum absolute atomic E-state index is 10.9. The van der Waals surface area contributed by atoms with Crippen molar-refractivity contribution in [2.45, 2.75) is 13.3 Å². The van der Waals surface area contributed by atoms with Crippen molar-refractivity contribution in [3.63, 3.8) is 0 Å². The Kier molecular flexibility index (Phi) is 3.82. The molecule has 0 aliphatic rings. The van der Waals surface area contributed by atoms with Gasteiger partial charge >= 0.3 is 0 Å². The van der Waals surface area contributed by atoms with Gasteiger partial charge < -0.3 is 0 Å². The van der Waals surface area contributed by atoms with E-state index in [1.54, 1.807) is 23.5 Å². The molecule has 2 heterocycles. The monoisotopic (exact) mass is 349 g/mol. The second-order valence-electron chi connectivity index (χ2n) is 5.72. The Hall–Kier alpha value is -2.99. The van der Waals surface area contributed by atoms with Crippen molar-refractivity contribution >= 4 is 22.0 Å². The smallest absolute Gasteiger partial charge is 0.269 e. The summed E-state index contributed by atoms with van der Waals surface area (Å²) in [7, 11) is 0. The number of fused-ring (bicyclic) bond motifs is 1. The average molecular weight is 349 g/mol. The lowest BCUT2D eigenvalue weighted by atomic mass is 10.0. The molecule has 2 aromatic heterocycles. The molecule has 25 heavy (non-hydrogen) atoms. The van der Waals surface area contributed by atoms with Gasteiger partial charge in [-0.05, 0) is 24.1 Å². The third-order valence-electron chi connectivity index (χ3n) is 4.25. The first-order valence-corrected chi connectivity index (χ1v) is 8.85. The van der Waals surface area contributed by atoms with Crippen LogP contribution in [0.2, 0.25) is 0 Å². The Morgan fingerprint density at radius 2 is 1.76 bits per heavy atom. The van der Waals surface area contributed by atoms with Crippen LogP contribution in [0.25, 0.3) is 27.5 Å². The lowest BCUT2D eigenvalue weighted by molar-refractivity contribution is -0.384. The molecule has 0 saturated carbocycles. The van der Waals surface area contributed by atoms with Crippen LogP contribution in [-0.4, -0.2) is 14.3 Å². The summed E-state index contributed by atoms with van der Waals surface area (Å²) in [6.07, 6.45) is 3.00. The molecule has 0 saturated heterocycles. The van der Waals surface area contributed by atoms with E-state index < -0.39 is 0 Å². The Labute approximate surface area is 148 Å². The minimum Gasteiger partial charge on any atom is -0.290 e. The molecule has 0 bridgehead atoms. The highest BCUT2D eigenvalue weighted by atomic mass is 32.1. The summed E-state index contributed by atoms with van der Waals surface area (Å²) >= 11 is 1.57. The summed E-state index contributed by atoms with van der Waals surface area (Å²) in [5.74, 6) is 0. The summed E-state index contributed by atoms with van der Waals surface area (Å²) in [5, 5.41) is 12.9. The number of rotatable bonds is 4. The van der Waals surface area contributed by atoms with Gasteiger partial charge in [-0.3, -0.25) is 14.5 Å². The molecule has 4 rings (SSSR count). The highest BCUT2D eigenvalue weighted by molar-refractivity contribution is 7.15. The number of hydrogen-bond acceptors (Lipinski definition) is 4. The van der Waals surface area contributed by atoms with E-state index >= 15 is 0 Å². The first kappa shape index (κ1) is 15.5. The van der Waals surface area contributed by atoms with Gasteiger partial charge in [0.05, 0.1) is 16.3 Å². The van der Waals surface area contributed by atoms with E-state index in [0.717, 1.165) is 33.9 Å². The van der Waals surface area contributed by atoms with Crippen molar-refractivity contribution in [2.24, 2.45) is 0 Å². The van der Waals surface area contributed by atoms with Gasteiger partial charge in [0.25, 0.3) is 5.69 Å². The lowest BCUT2D eigenvalue weighted by Crippen LogP contribution is -1.90. The van der Waals surface area contributed by atoms with E-state index in [9.17, 15) is 10.1 Å². The second kappa shape index (κ2) is 6.14. The van der Waals surface area contributed by atoms with Gasteiger partial charge in [-0.2, -0.15) is 0 Å². The van der Waals surface area contributed by atoms with Crippen LogP contribution in [0.5, 0.6) is 0 Å². The van der Waals surface area contributed by atoms with E-state index in [-0.39, 0.29) is 10.6 Å². The van der Waals surface area contributed by atoms with Crippen molar-refractivity contribution in [1.29, 1.82) is 0 Å². The van der Waals surface area contributed by atoms with Crippen molar-refractivity contribution in [3.05, 3.63) is 75.8 Å². The largest absolute Gasteiger partial charge is 0.290 e. The van der Waals surface area contributed by atoms with Gasteiger partial charge in [0, 0.05) is 34.8 Å². The molecule has 0 aliphatic carbocycles. The van der Waals surface area contributed by atoms with Gasteiger partial charge in [-0.25, -0.2) is 4.98 Å². The first-order valence-electron chi connectivity index (χ1n) is 7.97. The molecule has 4 aromatic rings. The first-order chi connectivity index (χ1) is 12.2. The predicted octanol–water partition coefficient (Wildman–Crippen LogP) is 5.20. The van der Waals surface area contributed by atoms with Crippen LogP contribution >= 0.6 is 11.3 Å².